The SMILES string of the molecule is COc1cc(C(F)(F)F)ccc1CCO. The van der Waals surface area contributed by atoms with E-state index in [1.54, 1.807) is 0 Å². The van der Waals surface area contributed by atoms with Crippen LogP contribution in [0.3, 0.4) is 0 Å². The lowest BCUT2D eigenvalue weighted by Crippen LogP contribution is -2.06. The Labute approximate surface area is 85.3 Å². The summed E-state index contributed by atoms with van der Waals surface area (Å²) >= 11 is 0. The number of aliphatic hydroxyl groups is 1. The van der Waals surface area contributed by atoms with Crippen LogP contribution in [0.15, 0.2) is 18.2 Å². The maximum absolute atomic E-state index is 12.3. The summed E-state index contributed by atoms with van der Waals surface area (Å²) in [6, 6.07) is 3.23. The Hall–Kier alpha value is -1.23. The molecule has 1 aromatic carbocycles. The molecule has 1 N–H and O–H groups in total. The number of rotatable bonds is 3. The highest BCUT2D eigenvalue weighted by atomic mass is 19.4. The van der Waals surface area contributed by atoms with E-state index in [-0.39, 0.29) is 18.8 Å². The van der Waals surface area contributed by atoms with E-state index >= 15 is 0 Å². The topological polar surface area (TPSA) is 29.5 Å². The first-order chi connectivity index (χ1) is 6.99. The lowest BCUT2D eigenvalue weighted by Gasteiger charge is -2.11. The van der Waals surface area contributed by atoms with Gasteiger partial charge < -0.3 is 9.84 Å². The van der Waals surface area contributed by atoms with Crippen molar-refractivity contribution in [1.29, 1.82) is 0 Å². The Balaban J connectivity index is 3.08. The average molecular weight is 220 g/mol. The second-order valence-electron chi connectivity index (χ2n) is 3.00. The van der Waals surface area contributed by atoms with Crippen molar-refractivity contribution in [2.45, 2.75) is 12.6 Å². The molecule has 1 rings (SSSR count). The highest BCUT2D eigenvalue weighted by Gasteiger charge is 2.31. The van der Waals surface area contributed by atoms with Crippen LogP contribution in [0.1, 0.15) is 11.1 Å². The molecule has 0 spiro atoms. The van der Waals surface area contributed by atoms with E-state index in [1.165, 1.54) is 13.2 Å². The summed E-state index contributed by atoms with van der Waals surface area (Å²) in [6.07, 6.45) is -4.09. The predicted molar refractivity (Wildman–Crippen MR) is 48.8 cm³/mol. The smallest absolute Gasteiger partial charge is 0.416 e. The molecule has 15 heavy (non-hydrogen) atoms. The first kappa shape index (κ1) is 11.8. The molecule has 0 unspecified atom stereocenters. The van der Waals surface area contributed by atoms with Crippen LogP contribution in [-0.2, 0) is 12.6 Å². The van der Waals surface area contributed by atoms with E-state index < -0.39 is 11.7 Å². The van der Waals surface area contributed by atoms with Gasteiger partial charge in [-0.15, -0.1) is 0 Å². The van der Waals surface area contributed by atoms with E-state index in [0.29, 0.717) is 5.56 Å². The fourth-order valence-corrected chi connectivity index (χ4v) is 1.25. The standard InChI is InChI=1S/C10H11F3O2/c1-15-9-6-8(10(11,12)13)3-2-7(9)4-5-14/h2-3,6,14H,4-5H2,1H3. The van der Waals surface area contributed by atoms with Crippen LogP contribution in [0.25, 0.3) is 0 Å². The van der Waals surface area contributed by atoms with Crippen molar-refractivity contribution in [1.82, 2.24) is 0 Å². The molecular weight excluding hydrogens is 209 g/mol. The Bertz CT molecular complexity index is 334. The molecule has 0 aliphatic rings. The molecule has 5 heteroatoms. The third-order valence-electron chi connectivity index (χ3n) is 2.00. The van der Waals surface area contributed by atoms with Crippen LogP contribution in [0.2, 0.25) is 0 Å². The fraction of sp³-hybridized carbons (Fsp3) is 0.400. The molecule has 0 fully saturated rings. The molecule has 2 nitrogen and oxygen atoms in total. The first-order valence-electron chi connectivity index (χ1n) is 4.34. The maximum atomic E-state index is 12.3. The summed E-state index contributed by atoms with van der Waals surface area (Å²) in [5, 5.41) is 8.69. The largest absolute Gasteiger partial charge is 0.496 e. The summed E-state index contributed by atoms with van der Waals surface area (Å²) in [7, 11) is 1.30. The van der Waals surface area contributed by atoms with Crippen molar-refractivity contribution in [2.75, 3.05) is 13.7 Å². The minimum Gasteiger partial charge on any atom is -0.496 e. The van der Waals surface area contributed by atoms with Crippen LogP contribution >= 0.6 is 0 Å². The minimum absolute atomic E-state index is 0.123. The van der Waals surface area contributed by atoms with E-state index in [4.69, 9.17) is 9.84 Å². The van der Waals surface area contributed by atoms with Crippen LogP contribution < -0.4 is 4.74 Å². The van der Waals surface area contributed by atoms with Gasteiger partial charge in [0.25, 0.3) is 0 Å². The van der Waals surface area contributed by atoms with Gasteiger partial charge in [-0.2, -0.15) is 13.2 Å². The zero-order valence-corrected chi connectivity index (χ0v) is 8.14. The Kier molecular flexibility index (Phi) is 3.57. The normalized spacial score (nSPS) is 11.5. The van der Waals surface area contributed by atoms with Gasteiger partial charge in [0.2, 0.25) is 0 Å². The van der Waals surface area contributed by atoms with Gasteiger partial charge in [0.15, 0.2) is 0 Å². The van der Waals surface area contributed by atoms with Crippen molar-refractivity contribution in [3.8, 4) is 5.75 Å². The number of hydrogen-bond acceptors (Lipinski definition) is 2. The molecule has 0 heterocycles. The van der Waals surface area contributed by atoms with Crippen molar-refractivity contribution in [2.24, 2.45) is 0 Å². The molecule has 0 radical (unpaired) electrons. The number of benzene rings is 1. The number of ether oxygens (including phenoxy) is 1. The molecule has 0 aliphatic carbocycles. The number of methoxy groups -OCH3 is 1. The van der Waals surface area contributed by atoms with Gasteiger partial charge in [-0.1, -0.05) is 6.07 Å². The lowest BCUT2D eigenvalue weighted by molar-refractivity contribution is -0.137. The molecule has 0 aliphatic heterocycles. The van der Waals surface area contributed by atoms with Gasteiger partial charge in [0.1, 0.15) is 5.75 Å². The second-order valence-corrected chi connectivity index (χ2v) is 3.00. The zero-order chi connectivity index (χ0) is 11.5. The third kappa shape index (κ3) is 2.86. The van der Waals surface area contributed by atoms with Gasteiger partial charge in [-0.3, -0.25) is 0 Å². The summed E-state index contributed by atoms with van der Waals surface area (Å²) < 4.78 is 41.8. The predicted octanol–water partition coefficient (Wildman–Crippen LogP) is 2.25. The number of alkyl halides is 3. The first-order valence-corrected chi connectivity index (χ1v) is 4.34. The Morgan fingerprint density at radius 3 is 2.47 bits per heavy atom. The van der Waals surface area contributed by atoms with E-state index in [2.05, 4.69) is 0 Å². The number of hydrogen-bond donors (Lipinski definition) is 1. The Morgan fingerprint density at radius 1 is 1.33 bits per heavy atom. The van der Waals surface area contributed by atoms with E-state index in [1.807, 2.05) is 0 Å². The average Bonchev–Trinajstić information content (AvgIpc) is 2.17. The quantitative estimate of drug-likeness (QED) is 0.846. The van der Waals surface area contributed by atoms with Gasteiger partial charge in [0.05, 0.1) is 12.7 Å². The zero-order valence-electron chi connectivity index (χ0n) is 8.14. The molecule has 0 saturated carbocycles. The highest BCUT2D eigenvalue weighted by Crippen LogP contribution is 2.33. The fourth-order valence-electron chi connectivity index (χ4n) is 1.25. The number of aliphatic hydroxyl groups excluding tert-OH is 1. The minimum atomic E-state index is -4.37. The van der Waals surface area contributed by atoms with Crippen LogP contribution in [0, 0.1) is 0 Å². The van der Waals surface area contributed by atoms with Gasteiger partial charge in [-0.05, 0) is 24.1 Å². The van der Waals surface area contributed by atoms with E-state index in [0.717, 1.165) is 12.1 Å². The second kappa shape index (κ2) is 4.53. The Morgan fingerprint density at radius 2 is 2.00 bits per heavy atom. The molecular formula is C10H11F3O2. The summed E-state index contributed by atoms with van der Waals surface area (Å²) in [4.78, 5) is 0. The van der Waals surface area contributed by atoms with Gasteiger partial charge in [-0.25, -0.2) is 0 Å². The summed E-state index contributed by atoms with van der Waals surface area (Å²) in [5.41, 5.74) is -0.186. The summed E-state index contributed by atoms with van der Waals surface area (Å²) in [6.45, 7) is -0.123. The highest BCUT2D eigenvalue weighted by molar-refractivity contribution is 5.38. The van der Waals surface area contributed by atoms with Crippen LogP contribution in [-0.4, -0.2) is 18.8 Å². The van der Waals surface area contributed by atoms with Crippen molar-refractivity contribution in [3.05, 3.63) is 29.3 Å². The van der Waals surface area contributed by atoms with Gasteiger partial charge >= 0.3 is 6.18 Å². The molecule has 0 saturated heterocycles. The molecule has 0 bridgehead atoms. The number of halogens is 3. The molecule has 0 atom stereocenters. The monoisotopic (exact) mass is 220 g/mol. The molecule has 0 amide bonds. The van der Waals surface area contributed by atoms with E-state index in [9.17, 15) is 13.2 Å². The molecule has 0 aromatic heterocycles. The lowest BCUT2D eigenvalue weighted by atomic mass is 10.1. The van der Waals surface area contributed by atoms with Gasteiger partial charge in [0, 0.05) is 6.61 Å². The van der Waals surface area contributed by atoms with Crippen molar-refractivity contribution < 1.29 is 23.0 Å². The van der Waals surface area contributed by atoms with Crippen LogP contribution in [0.4, 0.5) is 13.2 Å². The third-order valence-corrected chi connectivity index (χ3v) is 2.00. The summed E-state index contributed by atoms with van der Waals surface area (Å²) in [5.74, 6) is 0.152. The van der Waals surface area contributed by atoms with Crippen molar-refractivity contribution >= 4 is 0 Å². The maximum Gasteiger partial charge on any atom is 0.416 e. The van der Waals surface area contributed by atoms with Crippen LogP contribution in [0.5, 0.6) is 5.75 Å². The molecule has 84 valence electrons. The molecule has 1 aromatic rings. The van der Waals surface area contributed by atoms with Crippen molar-refractivity contribution in [3.63, 3.8) is 0 Å².